The smallest absolute Gasteiger partial charge is 0.170 e. The lowest BCUT2D eigenvalue weighted by atomic mass is 10.1. The Morgan fingerprint density at radius 3 is 2.88 bits per heavy atom. The van der Waals surface area contributed by atoms with Crippen molar-refractivity contribution in [1.29, 1.82) is 0 Å². The largest absolute Gasteiger partial charge is 0.392 e. The standard InChI is InChI=1S/C12H14FN3O/c1-8(2)16-12(10(13)6-15-16)11-9(7-17)4-3-5-14-11/h3-6,8,17H,7H2,1-2H3. The minimum absolute atomic E-state index is 0.0306. The lowest BCUT2D eigenvalue weighted by Gasteiger charge is -2.12. The van der Waals surface area contributed by atoms with E-state index in [4.69, 9.17) is 0 Å². The van der Waals surface area contributed by atoms with E-state index in [9.17, 15) is 9.50 Å². The Labute approximate surface area is 98.7 Å². The average Bonchev–Trinajstić information content (AvgIpc) is 2.71. The number of hydrogen-bond acceptors (Lipinski definition) is 3. The van der Waals surface area contributed by atoms with Gasteiger partial charge in [-0.15, -0.1) is 0 Å². The molecule has 4 nitrogen and oxygen atoms in total. The first-order valence-corrected chi connectivity index (χ1v) is 5.43. The first-order chi connectivity index (χ1) is 8.15. The highest BCUT2D eigenvalue weighted by Gasteiger charge is 2.18. The summed E-state index contributed by atoms with van der Waals surface area (Å²) in [6.07, 6.45) is 2.75. The fraction of sp³-hybridized carbons (Fsp3) is 0.333. The number of pyridine rings is 1. The first-order valence-electron chi connectivity index (χ1n) is 5.43. The molecule has 0 atom stereocenters. The molecule has 0 unspecified atom stereocenters. The maximum absolute atomic E-state index is 13.8. The van der Waals surface area contributed by atoms with Gasteiger partial charge in [0.25, 0.3) is 0 Å². The zero-order valence-electron chi connectivity index (χ0n) is 9.76. The molecule has 0 aliphatic rings. The van der Waals surface area contributed by atoms with Gasteiger partial charge in [0.1, 0.15) is 5.69 Å². The molecule has 0 saturated carbocycles. The quantitative estimate of drug-likeness (QED) is 0.886. The van der Waals surface area contributed by atoms with E-state index in [-0.39, 0.29) is 12.6 Å². The summed E-state index contributed by atoms with van der Waals surface area (Å²) in [4.78, 5) is 4.14. The second-order valence-corrected chi connectivity index (χ2v) is 4.05. The average molecular weight is 235 g/mol. The summed E-state index contributed by atoms with van der Waals surface area (Å²) >= 11 is 0. The summed E-state index contributed by atoms with van der Waals surface area (Å²) in [5, 5.41) is 13.2. The molecule has 0 aliphatic heterocycles. The third-order valence-corrected chi connectivity index (χ3v) is 2.53. The Bertz CT molecular complexity index is 522. The van der Waals surface area contributed by atoms with Gasteiger partial charge in [-0.05, 0) is 19.9 Å². The van der Waals surface area contributed by atoms with Crippen LogP contribution in [0.15, 0.2) is 24.5 Å². The number of hydrogen-bond donors (Lipinski definition) is 1. The molecule has 5 heteroatoms. The predicted molar refractivity (Wildman–Crippen MR) is 61.7 cm³/mol. The van der Waals surface area contributed by atoms with Gasteiger partial charge >= 0.3 is 0 Å². The number of aromatic nitrogens is 3. The molecule has 2 rings (SSSR count). The van der Waals surface area contributed by atoms with Crippen LogP contribution in [0.4, 0.5) is 4.39 Å². The molecule has 2 aromatic heterocycles. The second-order valence-electron chi connectivity index (χ2n) is 4.05. The molecule has 2 heterocycles. The molecule has 0 saturated heterocycles. The minimum atomic E-state index is -0.424. The van der Waals surface area contributed by atoms with Crippen molar-refractivity contribution in [3.8, 4) is 11.4 Å². The molecule has 0 aromatic carbocycles. The van der Waals surface area contributed by atoms with Gasteiger partial charge in [-0.2, -0.15) is 5.10 Å². The summed E-state index contributed by atoms with van der Waals surface area (Å²) < 4.78 is 15.3. The lowest BCUT2D eigenvalue weighted by molar-refractivity contribution is 0.282. The topological polar surface area (TPSA) is 50.9 Å². The van der Waals surface area contributed by atoms with Gasteiger partial charge in [-0.1, -0.05) is 6.07 Å². The normalized spacial score (nSPS) is 11.1. The van der Waals surface area contributed by atoms with E-state index in [1.54, 1.807) is 23.0 Å². The van der Waals surface area contributed by atoms with E-state index < -0.39 is 5.82 Å². The van der Waals surface area contributed by atoms with Crippen molar-refractivity contribution < 1.29 is 9.50 Å². The van der Waals surface area contributed by atoms with Crippen molar-refractivity contribution >= 4 is 0 Å². The van der Waals surface area contributed by atoms with Crippen LogP contribution in [0, 0.1) is 5.82 Å². The van der Waals surface area contributed by atoms with E-state index in [1.807, 2.05) is 13.8 Å². The maximum atomic E-state index is 13.8. The number of rotatable bonds is 3. The van der Waals surface area contributed by atoms with Gasteiger partial charge in [0, 0.05) is 17.8 Å². The fourth-order valence-electron chi connectivity index (χ4n) is 1.73. The summed E-state index contributed by atoms with van der Waals surface area (Å²) in [6.45, 7) is 3.65. The number of nitrogens with zero attached hydrogens (tertiary/aromatic N) is 3. The molecule has 0 radical (unpaired) electrons. The van der Waals surface area contributed by atoms with Crippen molar-refractivity contribution in [3.63, 3.8) is 0 Å². The van der Waals surface area contributed by atoms with Crippen molar-refractivity contribution in [3.05, 3.63) is 35.9 Å². The Kier molecular flexibility index (Phi) is 3.19. The maximum Gasteiger partial charge on any atom is 0.170 e. The molecule has 0 spiro atoms. The number of halogens is 1. The van der Waals surface area contributed by atoms with Crippen LogP contribution in [0.5, 0.6) is 0 Å². The van der Waals surface area contributed by atoms with Gasteiger partial charge in [-0.3, -0.25) is 9.67 Å². The van der Waals surface area contributed by atoms with E-state index >= 15 is 0 Å². The molecule has 17 heavy (non-hydrogen) atoms. The van der Waals surface area contributed by atoms with E-state index in [0.29, 0.717) is 17.0 Å². The van der Waals surface area contributed by atoms with Crippen LogP contribution in [-0.2, 0) is 6.61 Å². The molecule has 90 valence electrons. The zero-order valence-corrected chi connectivity index (χ0v) is 9.76. The van der Waals surface area contributed by atoms with Crippen molar-refractivity contribution in [1.82, 2.24) is 14.8 Å². The van der Waals surface area contributed by atoms with Crippen molar-refractivity contribution in [2.24, 2.45) is 0 Å². The van der Waals surface area contributed by atoms with Crippen molar-refractivity contribution in [2.75, 3.05) is 0 Å². The molecular formula is C12H14FN3O. The Hall–Kier alpha value is -1.75. The van der Waals surface area contributed by atoms with Crippen LogP contribution in [-0.4, -0.2) is 19.9 Å². The molecule has 0 amide bonds. The number of aliphatic hydroxyl groups excluding tert-OH is 1. The lowest BCUT2D eigenvalue weighted by Crippen LogP contribution is -2.07. The van der Waals surface area contributed by atoms with Crippen LogP contribution < -0.4 is 0 Å². The van der Waals surface area contributed by atoms with Crippen LogP contribution in [0.25, 0.3) is 11.4 Å². The van der Waals surface area contributed by atoms with Crippen molar-refractivity contribution in [2.45, 2.75) is 26.5 Å². The van der Waals surface area contributed by atoms with Gasteiger partial charge < -0.3 is 5.11 Å². The zero-order chi connectivity index (χ0) is 12.4. The fourth-order valence-corrected chi connectivity index (χ4v) is 1.73. The van der Waals surface area contributed by atoms with Gasteiger partial charge in [0.2, 0.25) is 0 Å². The monoisotopic (exact) mass is 235 g/mol. The Morgan fingerprint density at radius 1 is 1.47 bits per heavy atom. The third-order valence-electron chi connectivity index (χ3n) is 2.53. The highest BCUT2D eigenvalue weighted by atomic mass is 19.1. The Morgan fingerprint density at radius 2 is 2.24 bits per heavy atom. The predicted octanol–water partition coefficient (Wildman–Crippen LogP) is 2.16. The van der Waals surface area contributed by atoms with E-state index in [0.717, 1.165) is 0 Å². The van der Waals surface area contributed by atoms with Gasteiger partial charge in [0.05, 0.1) is 18.5 Å². The van der Waals surface area contributed by atoms with Gasteiger partial charge in [-0.25, -0.2) is 4.39 Å². The van der Waals surface area contributed by atoms with E-state index in [1.165, 1.54) is 6.20 Å². The summed E-state index contributed by atoms with van der Waals surface area (Å²) in [5.74, 6) is -0.424. The molecule has 0 fully saturated rings. The summed E-state index contributed by atoms with van der Waals surface area (Å²) in [6, 6.07) is 3.46. The Balaban J connectivity index is 2.63. The third kappa shape index (κ3) is 2.06. The summed E-state index contributed by atoms with van der Waals surface area (Å²) in [7, 11) is 0. The highest BCUT2D eigenvalue weighted by molar-refractivity contribution is 5.59. The van der Waals surface area contributed by atoms with Crippen LogP contribution in [0.3, 0.4) is 0 Å². The van der Waals surface area contributed by atoms with Crippen LogP contribution in [0.2, 0.25) is 0 Å². The molecule has 0 aliphatic carbocycles. The second kappa shape index (κ2) is 4.63. The van der Waals surface area contributed by atoms with Crippen LogP contribution in [0.1, 0.15) is 25.5 Å². The van der Waals surface area contributed by atoms with E-state index in [2.05, 4.69) is 10.1 Å². The molecule has 0 bridgehead atoms. The van der Waals surface area contributed by atoms with Crippen LogP contribution >= 0.6 is 0 Å². The van der Waals surface area contributed by atoms with Gasteiger partial charge in [0.15, 0.2) is 5.82 Å². The molecular weight excluding hydrogens is 221 g/mol. The molecule has 1 N–H and O–H groups in total. The number of aliphatic hydroxyl groups is 1. The minimum Gasteiger partial charge on any atom is -0.392 e. The summed E-state index contributed by atoms with van der Waals surface area (Å²) in [5.41, 5.74) is 1.36. The SMILES string of the molecule is CC(C)n1ncc(F)c1-c1ncccc1CO. The highest BCUT2D eigenvalue weighted by Crippen LogP contribution is 2.26. The first kappa shape index (κ1) is 11.7. The molecule has 2 aromatic rings.